The number of benzene rings is 2. The maximum atomic E-state index is 13.7. The van der Waals surface area contributed by atoms with Crippen LogP contribution in [0.25, 0.3) is 0 Å². The van der Waals surface area contributed by atoms with Crippen molar-refractivity contribution in [2.75, 3.05) is 39.2 Å². The normalized spacial score (nSPS) is 18.4. The highest BCUT2D eigenvalue weighted by atomic mass is 35.5. The van der Waals surface area contributed by atoms with Crippen LogP contribution in [0, 0.1) is 5.92 Å². The summed E-state index contributed by atoms with van der Waals surface area (Å²) in [6, 6.07) is 11.1. The summed E-state index contributed by atoms with van der Waals surface area (Å²) in [6.07, 6.45) is -1.97. The Hall–Kier alpha value is -2.51. The molecule has 0 aromatic heterocycles. The first-order valence-electron chi connectivity index (χ1n) is 10.6. The molecule has 180 valence electrons. The molecule has 0 N–H and O–H groups in total. The third kappa shape index (κ3) is 6.09. The molecule has 0 radical (unpaired) electrons. The fourth-order valence-corrected chi connectivity index (χ4v) is 4.24. The van der Waals surface area contributed by atoms with Crippen molar-refractivity contribution in [3.8, 4) is 5.75 Å². The number of anilines is 1. The first kappa shape index (κ1) is 26.7. The van der Waals surface area contributed by atoms with Crippen molar-refractivity contribution in [3.63, 3.8) is 0 Å². The van der Waals surface area contributed by atoms with Gasteiger partial charge in [0.05, 0.1) is 12.7 Å². The molecule has 1 aliphatic heterocycles. The molecule has 33 heavy (non-hydrogen) atoms. The number of rotatable bonds is 7. The molecule has 0 saturated heterocycles. The third-order valence-corrected chi connectivity index (χ3v) is 5.94. The van der Waals surface area contributed by atoms with Crippen LogP contribution in [0.4, 0.5) is 18.9 Å². The van der Waals surface area contributed by atoms with Gasteiger partial charge in [-0.2, -0.15) is 13.2 Å². The number of nitrogens with zero attached hydrogens (tertiary/aromatic N) is 2. The zero-order chi connectivity index (χ0) is 23.5. The van der Waals surface area contributed by atoms with Gasteiger partial charge in [-0.05, 0) is 74.3 Å². The number of halogens is 4. The minimum Gasteiger partial charge on any atom is -0.497 e. The van der Waals surface area contributed by atoms with Gasteiger partial charge in [0.2, 0.25) is 5.91 Å². The smallest absolute Gasteiger partial charge is 0.416 e. The second-order valence-corrected chi connectivity index (χ2v) is 8.35. The number of methoxy groups -OCH3 is 1. The number of ether oxygens (including phenoxy) is 1. The fraction of sp³-hybridized carbons (Fsp3) is 0.400. The average Bonchev–Trinajstić information content (AvgIpc) is 2.86. The number of amides is 1. The maximum absolute atomic E-state index is 13.7. The Morgan fingerprint density at radius 2 is 1.85 bits per heavy atom. The molecule has 0 unspecified atom stereocenters. The standard InChI is InChI=1S/C25H29F3N2O2.ClH/c1-5-6-21-22(17-7-10-20(32-4)11-8-17)16-18-15-19(25(26,27)28)9-12-23(18)30(24(21)31)14-13-29(2)3;/h5,7-12,15,21-22H,1,6,13-14,16H2,2-4H3;1H/t21-,22+;/m1./s1. The van der Waals surface area contributed by atoms with E-state index in [0.717, 1.165) is 11.6 Å². The largest absolute Gasteiger partial charge is 0.497 e. The number of fused-ring (bicyclic) bond motifs is 1. The van der Waals surface area contributed by atoms with Crippen LogP contribution in [0.5, 0.6) is 5.75 Å². The molecule has 3 rings (SSSR count). The first-order valence-corrected chi connectivity index (χ1v) is 10.6. The molecule has 2 aromatic rings. The topological polar surface area (TPSA) is 32.8 Å². The summed E-state index contributed by atoms with van der Waals surface area (Å²) in [5, 5.41) is 0. The minimum atomic E-state index is -4.45. The summed E-state index contributed by atoms with van der Waals surface area (Å²) in [7, 11) is 5.37. The lowest BCUT2D eigenvalue weighted by atomic mass is 9.80. The van der Waals surface area contributed by atoms with Crippen molar-refractivity contribution in [1.82, 2.24) is 4.90 Å². The number of hydrogen-bond donors (Lipinski definition) is 0. The van der Waals surface area contributed by atoms with Crippen LogP contribution in [0.2, 0.25) is 0 Å². The number of alkyl halides is 3. The number of carbonyl (C=O) groups excluding carboxylic acids is 1. The molecule has 0 fully saturated rings. The van der Waals surface area contributed by atoms with Gasteiger partial charge in [0, 0.05) is 24.7 Å². The second kappa shape index (κ2) is 11.1. The van der Waals surface area contributed by atoms with Crippen molar-refractivity contribution in [1.29, 1.82) is 0 Å². The molecular formula is C25H30ClF3N2O2. The predicted molar refractivity (Wildman–Crippen MR) is 127 cm³/mol. The van der Waals surface area contributed by atoms with E-state index in [9.17, 15) is 18.0 Å². The zero-order valence-corrected chi connectivity index (χ0v) is 19.9. The summed E-state index contributed by atoms with van der Waals surface area (Å²) >= 11 is 0. The molecule has 0 saturated carbocycles. The highest BCUT2D eigenvalue weighted by Crippen LogP contribution is 2.42. The van der Waals surface area contributed by atoms with Crippen LogP contribution < -0.4 is 9.64 Å². The molecule has 0 aliphatic carbocycles. The molecule has 0 spiro atoms. The molecule has 1 aliphatic rings. The Kier molecular flexibility index (Phi) is 8.97. The molecule has 1 heterocycles. The Morgan fingerprint density at radius 3 is 2.39 bits per heavy atom. The number of hydrogen-bond acceptors (Lipinski definition) is 3. The predicted octanol–water partition coefficient (Wildman–Crippen LogP) is 5.56. The van der Waals surface area contributed by atoms with Crippen molar-refractivity contribution in [3.05, 3.63) is 71.8 Å². The summed E-state index contributed by atoms with van der Waals surface area (Å²) in [4.78, 5) is 17.3. The highest BCUT2D eigenvalue weighted by molar-refractivity contribution is 5.97. The minimum absolute atomic E-state index is 0. The van der Waals surface area contributed by atoms with Crippen molar-refractivity contribution < 1.29 is 22.7 Å². The van der Waals surface area contributed by atoms with E-state index in [1.54, 1.807) is 18.1 Å². The molecule has 4 nitrogen and oxygen atoms in total. The Morgan fingerprint density at radius 1 is 1.18 bits per heavy atom. The van der Waals surface area contributed by atoms with Crippen LogP contribution in [0.15, 0.2) is 55.1 Å². The van der Waals surface area contributed by atoms with Crippen LogP contribution in [0.1, 0.15) is 29.0 Å². The molecule has 2 atom stereocenters. The van der Waals surface area contributed by atoms with Gasteiger partial charge in [0.25, 0.3) is 0 Å². The van der Waals surface area contributed by atoms with Gasteiger partial charge in [0.15, 0.2) is 0 Å². The lowest BCUT2D eigenvalue weighted by Gasteiger charge is -2.29. The number of carbonyl (C=O) groups is 1. The van der Waals surface area contributed by atoms with Crippen LogP contribution >= 0.6 is 12.4 Å². The Bertz CT molecular complexity index is 961. The van der Waals surface area contributed by atoms with E-state index in [1.807, 2.05) is 43.3 Å². The molecule has 8 heteroatoms. The van der Waals surface area contributed by atoms with Gasteiger partial charge in [-0.3, -0.25) is 4.79 Å². The average molecular weight is 483 g/mol. The SMILES string of the molecule is C=CC[C@H]1C(=O)N(CCN(C)C)c2ccc(C(F)(F)F)cc2C[C@H]1c1ccc(OC)cc1.Cl. The first-order chi connectivity index (χ1) is 15.2. The second-order valence-electron chi connectivity index (χ2n) is 8.35. The van der Waals surface area contributed by atoms with E-state index in [2.05, 4.69) is 6.58 Å². The van der Waals surface area contributed by atoms with Gasteiger partial charge >= 0.3 is 6.18 Å². The summed E-state index contributed by atoms with van der Waals surface area (Å²) in [6.45, 7) is 4.82. The van der Waals surface area contributed by atoms with E-state index in [0.29, 0.717) is 42.9 Å². The quantitative estimate of drug-likeness (QED) is 0.484. The van der Waals surface area contributed by atoms with E-state index >= 15 is 0 Å². The van der Waals surface area contributed by atoms with Gasteiger partial charge in [0.1, 0.15) is 5.75 Å². The number of likely N-dealkylation sites (N-methyl/N-ethyl adjacent to an activating group) is 1. The molecule has 1 amide bonds. The third-order valence-electron chi connectivity index (χ3n) is 5.94. The van der Waals surface area contributed by atoms with Crippen LogP contribution in [-0.4, -0.2) is 45.1 Å². The Balaban J connectivity index is 0.00000385. The highest BCUT2D eigenvalue weighted by Gasteiger charge is 2.39. The van der Waals surface area contributed by atoms with Gasteiger partial charge < -0.3 is 14.5 Å². The summed E-state index contributed by atoms with van der Waals surface area (Å²) in [5.74, 6) is -0.116. The molecule has 0 bridgehead atoms. The lowest BCUT2D eigenvalue weighted by molar-refractivity contribution is -0.137. The Labute approximate surface area is 199 Å². The zero-order valence-electron chi connectivity index (χ0n) is 19.1. The van der Waals surface area contributed by atoms with E-state index in [1.165, 1.54) is 12.1 Å². The summed E-state index contributed by atoms with van der Waals surface area (Å²) < 4.78 is 45.7. The van der Waals surface area contributed by atoms with Crippen molar-refractivity contribution in [2.45, 2.75) is 24.9 Å². The molecular weight excluding hydrogens is 453 g/mol. The summed E-state index contributed by atoms with van der Waals surface area (Å²) in [5.41, 5.74) is 1.27. The monoisotopic (exact) mass is 482 g/mol. The van der Waals surface area contributed by atoms with Crippen LogP contribution in [0.3, 0.4) is 0 Å². The van der Waals surface area contributed by atoms with E-state index in [-0.39, 0.29) is 24.2 Å². The van der Waals surface area contributed by atoms with E-state index < -0.39 is 17.7 Å². The van der Waals surface area contributed by atoms with Crippen LogP contribution in [-0.2, 0) is 17.4 Å². The van der Waals surface area contributed by atoms with Gasteiger partial charge in [-0.25, -0.2) is 0 Å². The van der Waals surface area contributed by atoms with E-state index in [4.69, 9.17) is 4.74 Å². The van der Waals surface area contributed by atoms with Gasteiger partial charge in [-0.15, -0.1) is 19.0 Å². The number of allylic oxidation sites excluding steroid dienone is 1. The maximum Gasteiger partial charge on any atom is 0.416 e. The van der Waals surface area contributed by atoms with Crippen molar-refractivity contribution in [2.24, 2.45) is 5.92 Å². The van der Waals surface area contributed by atoms with Crippen molar-refractivity contribution >= 4 is 24.0 Å². The molecule has 2 aromatic carbocycles. The lowest BCUT2D eigenvalue weighted by Crippen LogP contribution is -2.41. The van der Waals surface area contributed by atoms with Gasteiger partial charge in [-0.1, -0.05) is 18.2 Å². The fourth-order valence-electron chi connectivity index (χ4n) is 4.24.